The molecule has 1 aliphatic heterocycles. The maximum atomic E-state index is 5.78. The van der Waals surface area contributed by atoms with Gasteiger partial charge in [0.15, 0.2) is 11.5 Å². The SMILES string of the molecule is CC1(c2noc(-c3nccnc3N)n2)CCCCO1. The number of aromatic nitrogens is 4. The van der Waals surface area contributed by atoms with Crippen molar-refractivity contribution in [2.75, 3.05) is 12.3 Å². The standard InChI is InChI=1S/C12H15N5O2/c1-12(4-2-3-7-18-12)11-16-10(19-17-11)8-9(13)15-6-5-14-8/h5-6H,2-4,7H2,1H3,(H2,13,15). The van der Waals surface area contributed by atoms with E-state index in [0.29, 0.717) is 18.1 Å². The van der Waals surface area contributed by atoms with Crippen molar-refractivity contribution in [2.24, 2.45) is 0 Å². The van der Waals surface area contributed by atoms with Crippen LogP contribution in [-0.2, 0) is 10.3 Å². The van der Waals surface area contributed by atoms with E-state index in [9.17, 15) is 0 Å². The van der Waals surface area contributed by atoms with Gasteiger partial charge in [-0.1, -0.05) is 5.16 Å². The maximum Gasteiger partial charge on any atom is 0.280 e. The molecule has 19 heavy (non-hydrogen) atoms. The minimum absolute atomic E-state index is 0.271. The Labute approximate surface area is 110 Å². The lowest BCUT2D eigenvalue weighted by Crippen LogP contribution is -2.31. The van der Waals surface area contributed by atoms with Gasteiger partial charge < -0.3 is 15.0 Å². The second-order valence-corrected chi connectivity index (χ2v) is 4.75. The van der Waals surface area contributed by atoms with Crippen molar-refractivity contribution in [3.05, 3.63) is 18.2 Å². The lowest BCUT2D eigenvalue weighted by molar-refractivity contribution is -0.0770. The fraction of sp³-hybridized carbons (Fsp3) is 0.500. The third-order valence-corrected chi connectivity index (χ3v) is 3.30. The van der Waals surface area contributed by atoms with Crippen molar-refractivity contribution in [3.63, 3.8) is 0 Å². The predicted octanol–water partition coefficient (Wildman–Crippen LogP) is 1.52. The number of anilines is 1. The van der Waals surface area contributed by atoms with E-state index in [1.807, 2.05) is 6.92 Å². The topological polar surface area (TPSA) is 100.0 Å². The zero-order valence-corrected chi connectivity index (χ0v) is 10.7. The van der Waals surface area contributed by atoms with Crippen LogP contribution in [0.25, 0.3) is 11.6 Å². The van der Waals surface area contributed by atoms with Crippen LogP contribution in [0, 0.1) is 0 Å². The molecule has 1 unspecified atom stereocenters. The van der Waals surface area contributed by atoms with Crippen molar-refractivity contribution in [1.29, 1.82) is 0 Å². The van der Waals surface area contributed by atoms with Gasteiger partial charge in [-0.15, -0.1) is 0 Å². The maximum absolute atomic E-state index is 5.78. The quantitative estimate of drug-likeness (QED) is 0.874. The first kappa shape index (κ1) is 12.0. The third kappa shape index (κ3) is 2.17. The molecule has 1 atom stereocenters. The molecule has 3 heterocycles. The summed E-state index contributed by atoms with van der Waals surface area (Å²) >= 11 is 0. The van der Waals surface area contributed by atoms with E-state index < -0.39 is 5.60 Å². The van der Waals surface area contributed by atoms with E-state index in [1.54, 1.807) is 0 Å². The highest BCUT2D eigenvalue weighted by Gasteiger charge is 2.35. The third-order valence-electron chi connectivity index (χ3n) is 3.30. The molecule has 1 aliphatic rings. The molecule has 1 fully saturated rings. The number of rotatable bonds is 2. The highest BCUT2D eigenvalue weighted by Crippen LogP contribution is 2.33. The molecule has 0 spiro atoms. The van der Waals surface area contributed by atoms with Crippen molar-refractivity contribution >= 4 is 5.82 Å². The summed E-state index contributed by atoms with van der Waals surface area (Å²) in [7, 11) is 0. The minimum Gasteiger partial charge on any atom is -0.382 e. The highest BCUT2D eigenvalue weighted by atomic mass is 16.5. The van der Waals surface area contributed by atoms with Gasteiger partial charge in [0.2, 0.25) is 5.82 Å². The molecule has 0 aromatic carbocycles. The molecule has 7 heteroatoms. The van der Waals surface area contributed by atoms with E-state index in [-0.39, 0.29) is 11.7 Å². The van der Waals surface area contributed by atoms with Gasteiger partial charge in [0.25, 0.3) is 5.89 Å². The summed E-state index contributed by atoms with van der Waals surface area (Å²) in [6, 6.07) is 0. The van der Waals surface area contributed by atoms with Crippen LogP contribution in [0.1, 0.15) is 32.0 Å². The molecule has 7 nitrogen and oxygen atoms in total. The number of ether oxygens (including phenoxy) is 1. The smallest absolute Gasteiger partial charge is 0.280 e. The molecule has 0 radical (unpaired) electrons. The van der Waals surface area contributed by atoms with Gasteiger partial charge in [-0.25, -0.2) is 9.97 Å². The lowest BCUT2D eigenvalue weighted by Gasteiger charge is -2.30. The van der Waals surface area contributed by atoms with Gasteiger partial charge in [-0.05, 0) is 26.2 Å². The van der Waals surface area contributed by atoms with Crippen LogP contribution in [0.3, 0.4) is 0 Å². The van der Waals surface area contributed by atoms with Crippen LogP contribution >= 0.6 is 0 Å². The number of hydrogen-bond donors (Lipinski definition) is 1. The number of hydrogen-bond acceptors (Lipinski definition) is 7. The summed E-state index contributed by atoms with van der Waals surface area (Å²) in [5.74, 6) is 1.08. The number of nitrogens with two attached hydrogens (primary N) is 1. The molecule has 1 saturated heterocycles. The zero-order chi connectivity index (χ0) is 13.3. The van der Waals surface area contributed by atoms with Gasteiger partial charge >= 0.3 is 0 Å². The summed E-state index contributed by atoms with van der Waals surface area (Å²) in [5.41, 5.74) is 5.65. The summed E-state index contributed by atoms with van der Waals surface area (Å²) < 4.78 is 11.0. The second-order valence-electron chi connectivity index (χ2n) is 4.75. The van der Waals surface area contributed by atoms with Crippen LogP contribution in [0.15, 0.2) is 16.9 Å². The van der Waals surface area contributed by atoms with Crippen molar-refractivity contribution in [2.45, 2.75) is 31.8 Å². The van der Waals surface area contributed by atoms with Crippen LogP contribution < -0.4 is 5.73 Å². The van der Waals surface area contributed by atoms with Crippen molar-refractivity contribution in [1.82, 2.24) is 20.1 Å². The minimum atomic E-state index is -0.489. The fourth-order valence-electron chi connectivity index (χ4n) is 2.16. The summed E-state index contributed by atoms with van der Waals surface area (Å²) in [4.78, 5) is 12.4. The van der Waals surface area contributed by atoms with Crippen LogP contribution in [0.5, 0.6) is 0 Å². The van der Waals surface area contributed by atoms with Crippen molar-refractivity contribution in [3.8, 4) is 11.6 Å². The molecule has 0 amide bonds. The Bertz CT molecular complexity index is 577. The molecule has 2 aromatic rings. The first-order valence-electron chi connectivity index (χ1n) is 6.24. The molecule has 2 N–H and O–H groups in total. The van der Waals surface area contributed by atoms with Gasteiger partial charge in [0.05, 0.1) is 0 Å². The molecule has 0 aliphatic carbocycles. The molecular weight excluding hydrogens is 246 g/mol. The molecular formula is C12H15N5O2. The van der Waals surface area contributed by atoms with Crippen molar-refractivity contribution < 1.29 is 9.26 Å². The average molecular weight is 261 g/mol. The normalized spacial score (nSPS) is 23.4. The molecule has 3 rings (SSSR count). The summed E-state index contributed by atoms with van der Waals surface area (Å²) in [5, 5.41) is 3.99. The number of nitrogens with zero attached hydrogens (tertiary/aromatic N) is 4. The fourth-order valence-corrected chi connectivity index (χ4v) is 2.16. The van der Waals surface area contributed by atoms with E-state index in [1.165, 1.54) is 12.4 Å². The lowest BCUT2D eigenvalue weighted by atomic mass is 9.95. The van der Waals surface area contributed by atoms with Gasteiger partial charge in [0.1, 0.15) is 5.60 Å². The van der Waals surface area contributed by atoms with E-state index in [0.717, 1.165) is 19.3 Å². The average Bonchev–Trinajstić information content (AvgIpc) is 2.90. The Morgan fingerprint density at radius 2 is 2.11 bits per heavy atom. The Kier molecular flexibility index (Phi) is 2.90. The Balaban J connectivity index is 1.93. The Morgan fingerprint density at radius 1 is 1.26 bits per heavy atom. The Hall–Kier alpha value is -2.02. The zero-order valence-electron chi connectivity index (χ0n) is 10.7. The predicted molar refractivity (Wildman–Crippen MR) is 66.9 cm³/mol. The van der Waals surface area contributed by atoms with Crippen LogP contribution in [-0.4, -0.2) is 26.7 Å². The first-order valence-corrected chi connectivity index (χ1v) is 6.24. The second kappa shape index (κ2) is 4.58. The summed E-state index contributed by atoms with van der Waals surface area (Å²) in [6.07, 6.45) is 6.09. The van der Waals surface area contributed by atoms with Gasteiger partial charge in [-0.3, -0.25) is 0 Å². The van der Waals surface area contributed by atoms with E-state index in [2.05, 4.69) is 20.1 Å². The Morgan fingerprint density at radius 3 is 2.84 bits per heavy atom. The summed E-state index contributed by atoms with van der Waals surface area (Å²) in [6.45, 7) is 2.69. The monoisotopic (exact) mass is 261 g/mol. The van der Waals surface area contributed by atoms with Gasteiger partial charge in [0, 0.05) is 19.0 Å². The molecule has 0 bridgehead atoms. The van der Waals surface area contributed by atoms with Crippen LogP contribution in [0.4, 0.5) is 5.82 Å². The van der Waals surface area contributed by atoms with E-state index in [4.69, 9.17) is 15.0 Å². The van der Waals surface area contributed by atoms with E-state index >= 15 is 0 Å². The first-order chi connectivity index (χ1) is 9.19. The molecule has 0 saturated carbocycles. The number of nitrogen functional groups attached to an aromatic ring is 1. The largest absolute Gasteiger partial charge is 0.382 e. The molecule has 100 valence electrons. The molecule has 2 aromatic heterocycles. The highest BCUT2D eigenvalue weighted by molar-refractivity contribution is 5.61. The van der Waals surface area contributed by atoms with Crippen LogP contribution in [0.2, 0.25) is 0 Å². The van der Waals surface area contributed by atoms with Gasteiger partial charge in [-0.2, -0.15) is 4.98 Å².